The van der Waals surface area contributed by atoms with Crippen LogP contribution in [-0.2, 0) is 4.79 Å². The van der Waals surface area contributed by atoms with E-state index in [4.69, 9.17) is 0 Å². The smallest absolute Gasteiger partial charge is 0.270 e. The second-order valence-electron chi connectivity index (χ2n) is 6.75. The van der Waals surface area contributed by atoms with Crippen LogP contribution in [-0.4, -0.2) is 47.3 Å². The summed E-state index contributed by atoms with van der Waals surface area (Å²) in [4.78, 5) is 36.8. The van der Waals surface area contributed by atoms with Crippen LogP contribution in [0, 0.1) is 10.1 Å². The maximum atomic E-state index is 12.3. The number of piperidine rings is 1. The van der Waals surface area contributed by atoms with E-state index >= 15 is 0 Å². The average molecular weight is 382 g/mol. The van der Waals surface area contributed by atoms with Gasteiger partial charge in [-0.1, -0.05) is 24.3 Å². The van der Waals surface area contributed by atoms with E-state index in [-0.39, 0.29) is 29.1 Å². The molecule has 8 heteroatoms. The van der Waals surface area contributed by atoms with E-state index in [1.165, 1.54) is 18.2 Å². The zero-order valence-electron chi connectivity index (χ0n) is 15.3. The molecule has 1 saturated heterocycles. The van der Waals surface area contributed by atoms with Crippen LogP contribution in [0.1, 0.15) is 23.2 Å². The highest BCUT2D eigenvalue weighted by atomic mass is 16.6. The number of hydrogen-bond acceptors (Lipinski definition) is 5. The summed E-state index contributed by atoms with van der Waals surface area (Å²) in [7, 11) is 0. The molecular weight excluding hydrogens is 360 g/mol. The largest absolute Gasteiger partial charge is 0.349 e. The van der Waals surface area contributed by atoms with Crippen molar-refractivity contribution in [1.29, 1.82) is 0 Å². The Morgan fingerprint density at radius 2 is 1.79 bits per heavy atom. The van der Waals surface area contributed by atoms with Gasteiger partial charge < -0.3 is 10.6 Å². The lowest BCUT2D eigenvalue weighted by Crippen LogP contribution is -2.46. The van der Waals surface area contributed by atoms with E-state index in [0.717, 1.165) is 18.5 Å². The minimum absolute atomic E-state index is 0.0137. The number of anilines is 1. The number of nitrogens with one attached hydrogen (secondary N) is 2. The Morgan fingerprint density at radius 3 is 2.46 bits per heavy atom. The predicted octanol–water partition coefficient (Wildman–Crippen LogP) is 2.43. The molecule has 0 unspecified atom stereocenters. The molecule has 0 bridgehead atoms. The molecule has 0 saturated carbocycles. The van der Waals surface area contributed by atoms with Gasteiger partial charge in [0.05, 0.1) is 11.5 Å². The number of nitrogens with zero attached hydrogens (tertiary/aromatic N) is 2. The summed E-state index contributed by atoms with van der Waals surface area (Å²) in [5.41, 5.74) is 0.942. The van der Waals surface area contributed by atoms with Crippen molar-refractivity contribution in [3.63, 3.8) is 0 Å². The number of benzene rings is 2. The van der Waals surface area contributed by atoms with Crippen molar-refractivity contribution in [2.75, 3.05) is 25.0 Å². The molecule has 3 rings (SSSR count). The highest BCUT2D eigenvalue weighted by Crippen LogP contribution is 2.15. The first-order valence-corrected chi connectivity index (χ1v) is 9.14. The third-order valence-corrected chi connectivity index (χ3v) is 4.67. The van der Waals surface area contributed by atoms with Gasteiger partial charge in [-0.2, -0.15) is 0 Å². The fourth-order valence-electron chi connectivity index (χ4n) is 3.19. The van der Waals surface area contributed by atoms with E-state index in [1.54, 1.807) is 6.07 Å². The van der Waals surface area contributed by atoms with Crippen molar-refractivity contribution in [3.05, 3.63) is 70.3 Å². The van der Waals surface area contributed by atoms with E-state index in [1.807, 2.05) is 35.2 Å². The maximum absolute atomic E-state index is 12.3. The summed E-state index contributed by atoms with van der Waals surface area (Å²) in [5, 5.41) is 16.6. The first-order valence-electron chi connectivity index (χ1n) is 9.14. The SMILES string of the molecule is O=C(CN1CCC(NC(=O)c2cccc([N+](=O)[O-])c2)CC1)Nc1ccccc1. The second kappa shape index (κ2) is 9.09. The Bertz CT molecular complexity index is 848. The summed E-state index contributed by atoms with van der Waals surface area (Å²) >= 11 is 0. The van der Waals surface area contributed by atoms with E-state index in [2.05, 4.69) is 10.6 Å². The molecule has 0 aromatic heterocycles. The Labute approximate surface area is 162 Å². The molecule has 0 atom stereocenters. The number of nitro groups is 1. The van der Waals surface area contributed by atoms with Crippen LogP contribution in [0.25, 0.3) is 0 Å². The zero-order valence-corrected chi connectivity index (χ0v) is 15.3. The third-order valence-electron chi connectivity index (χ3n) is 4.67. The molecule has 0 aliphatic carbocycles. The van der Waals surface area contributed by atoms with Crippen molar-refractivity contribution in [2.45, 2.75) is 18.9 Å². The van der Waals surface area contributed by atoms with Gasteiger partial charge in [0.1, 0.15) is 0 Å². The summed E-state index contributed by atoms with van der Waals surface area (Å²) in [5.74, 6) is -0.380. The van der Waals surface area contributed by atoms with Crippen LogP contribution in [0.5, 0.6) is 0 Å². The fourth-order valence-corrected chi connectivity index (χ4v) is 3.19. The number of likely N-dealkylation sites (tertiary alicyclic amines) is 1. The lowest BCUT2D eigenvalue weighted by Gasteiger charge is -2.31. The van der Waals surface area contributed by atoms with Crippen LogP contribution in [0.2, 0.25) is 0 Å². The van der Waals surface area contributed by atoms with E-state index in [0.29, 0.717) is 19.6 Å². The number of non-ortho nitro benzene ring substituents is 1. The Hall–Kier alpha value is -3.26. The average Bonchev–Trinajstić information content (AvgIpc) is 2.70. The van der Waals surface area contributed by atoms with Gasteiger partial charge in [-0.25, -0.2) is 0 Å². The number of carbonyl (C=O) groups excluding carboxylic acids is 2. The number of nitro benzene ring substituents is 1. The van der Waals surface area contributed by atoms with Crippen molar-refractivity contribution >= 4 is 23.2 Å². The van der Waals surface area contributed by atoms with Crippen molar-refractivity contribution in [1.82, 2.24) is 10.2 Å². The monoisotopic (exact) mass is 382 g/mol. The fraction of sp³-hybridized carbons (Fsp3) is 0.300. The molecule has 2 aromatic rings. The van der Waals surface area contributed by atoms with Gasteiger partial charge in [-0.05, 0) is 31.0 Å². The molecule has 28 heavy (non-hydrogen) atoms. The molecule has 1 heterocycles. The Kier molecular flexibility index (Phi) is 6.33. The van der Waals surface area contributed by atoms with Gasteiger partial charge in [0, 0.05) is 42.5 Å². The molecule has 8 nitrogen and oxygen atoms in total. The summed E-state index contributed by atoms with van der Waals surface area (Å²) in [6, 6.07) is 15.0. The van der Waals surface area contributed by atoms with Crippen LogP contribution >= 0.6 is 0 Å². The molecule has 1 fully saturated rings. The summed E-state index contributed by atoms with van der Waals surface area (Å²) in [6.45, 7) is 1.70. The van der Waals surface area contributed by atoms with Crippen LogP contribution in [0.15, 0.2) is 54.6 Å². The Balaban J connectivity index is 1.45. The minimum Gasteiger partial charge on any atom is -0.349 e. The molecule has 0 radical (unpaired) electrons. The van der Waals surface area contributed by atoms with Gasteiger partial charge in [0.2, 0.25) is 5.91 Å². The highest BCUT2D eigenvalue weighted by molar-refractivity contribution is 5.95. The number of carbonyl (C=O) groups is 2. The second-order valence-corrected chi connectivity index (χ2v) is 6.75. The van der Waals surface area contributed by atoms with Crippen LogP contribution in [0.3, 0.4) is 0 Å². The molecule has 146 valence electrons. The van der Waals surface area contributed by atoms with Gasteiger partial charge in [-0.3, -0.25) is 24.6 Å². The van der Waals surface area contributed by atoms with E-state index < -0.39 is 4.92 Å². The summed E-state index contributed by atoms with van der Waals surface area (Å²) < 4.78 is 0. The Morgan fingerprint density at radius 1 is 1.07 bits per heavy atom. The number of hydrogen-bond donors (Lipinski definition) is 2. The van der Waals surface area contributed by atoms with Crippen molar-refractivity contribution in [3.8, 4) is 0 Å². The maximum Gasteiger partial charge on any atom is 0.270 e. The third kappa shape index (κ3) is 5.37. The lowest BCUT2D eigenvalue weighted by atomic mass is 10.0. The van der Waals surface area contributed by atoms with Crippen LogP contribution < -0.4 is 10.6 Å². The van der Waals surface area contributed by atoms with Crippen LogP contribution in [0.4, 0.5) is 11.4 Å². The van der Waals surface area contributed by atoms with Gasteiger partial charge in [-0.15, -0.1) is 0 Å². The molecule has 2 amide bonds. The van der Waals surface area contributed by atoms with Crippen molar-refractivity contribution in [2.24, 2.45) is 0 Å². The molecule has 1 aliphatic rings. The molecular formula is C20H22N4O4. The number of amides is 2. The van der Waals surface area contributed by atoms with Gasteiger partial charge in [0.25, 0.3) is 11.6 Å². The minimum atomic E-state index is -0.518. The topological polar surface area (TPSA) is 105 Å². The standard InChI is InChI=1S/C20H22N4O4/c25-19(21-16-6-2-1-3-7-16)14-23-11-9-17(10-12-23)22-20(26)15-5-4-8-18(13-15)24(27)28/h1-8,13,17H,9-12,14H2,(H,21,25)(H,22,26). The molecule has 2 aromatic carbocycles. The quantitative estimate of drug-likeness (QED) is 0.590. The molecule has 2 N–H and O–H groups in total. The first-order chi connectivity index (χ1) is 13.5. The molecule has 0 spiro atoms. The first kappa shape index (κ1) is 19.5. The van der Waals surface area contributed by atoms with Gasteiger partial charge >= 0.3 is 0 Å². The molecule has 1 aliphatic heterocycles. The normalized spacial score (nSPS) is 15.0. The lowest BCUT2D eigenvalue weighted by molar-refractivity contribution is -0.384. The highest BCUT2D eigenvalue weighted by Gasteiger charge is 2.23. The van der Waals surface area contributed by atoms with E-state index in [9.17, 15) is 19.7 Å². The van der Waals surface area contributed by atoms with Gasteiger partial charge in [0.15, 0.2) is 0 Å². The number of rotatable bonds is 6. The predicted molar refractivity (Wildman–Crippen MR) is 105 cm³/mol. The number of para-hydroxylation sites is 1. The van der Waals surface area contributed by atoms with Crippen molar-refractivity contribution < 1.29 is 14.5 Å². The zero-order chi connectivity index (χ0) is 19.9. The summed E-state index contributed by atoms with van der Waals surface area (Å²) in [6.07, 6.45) is 1.44.